The summed E-state index contributed by atoms with van der Waals surface area (Å²) in [4.78, 5) is 0. The first-order chi connectivity index (χ1) is 10.0. The average Bonchev–Trinajstić information content (AvgIpc) is 2.62. The summed E-state index contributed by atoms with van der Waals surface area (Å²) in [7, 11) is 1.69. The molecule has 1 unspecified atom stereocenters. The fraction of sp³-hybridized carbons (Fsp3) is 0.667. The van der Waals surface area contributed by atoms with Gasteiger partial charge in [-0.2, -0.15) is 0 Å². The van der Waals surface area contributed by atoms with Crippen molar-refractivity contribution in [2.75, 3.05) is 19.0 Å². The molecule has 1 fully saturated rings. The second kappa shape index (κ2) is 7.06. The molecular weight excluding hydrogens is 262 g/mol. The lowest BCUT2D eigenvalue weighted by molar-refractivity contribution is 0.311. The van der Waals surface area contributed by atoms with E-state index in [2.05, 4.69) is 25.2 Å². The summed E-state index contributed by atoms with van der Waals surface area (Å²) in [5.41, 5.74) is 1.62. The van der Waals surface area contributed by atoms with Gasteiger partial charge in [0.15, 0.2) is 11.5 Å². The summed E-state index contributed by atoms with van der Waals surface area (Å²) in [5, 5.41) is 3.67. The van der Waals surface area contributed by atoms with E-state index in [-0.39, 0.29) is 0 Å². The molecule has 0 heterocycles. The standard InChI is InChI=1S/C18H29NO2/c1-5-21-16-9-8-15(13-17(16)20-4)19-14-7-6-11-18(2,3)12-10-14/h8-9,13-14,19H,5-7,10-12H2,1-4H3. The molecule has 1 aromatic rings. The lowest BCUT2D eigenvalue weighted by Crippen LogP contribution is -2.19. The highest BCUT2D eigenvalue weighted by Gasteiger charge is 2.24. The Hall–Kier alpha value is -1.38. The maximum Gasteiger partial charge on any atom is 0.162 e. The third-order valence-electron chi connectivity index (χ3n) is 4.41. The topological polar surface area (TPSA) is 30.5 Å². The Morgan fingerprint density at radius 1 is 1.19 bits per heavy atom. The number of methoxy groups -OCH3 is 1. The van der Waals surface area contributed by atoms with Gasteiger partial charge in [-0.15, -0.1) is 0 Å². The molecule has 1 saturated carbocycles. The van der Waals surface area contributed by atoms with E-state index in [1.165, 1.54) is 32.1 Å². The van der Waals surface area contributed by atoms with Gasteiger partial charge in [0.25, 0.3) is 0 Å². The number of rotatable bonds is 5. The van der Waals surface area contributed by atoms with Crippen molar-refractivity contribution in [1.29, 1.82) is 0 Å². The van der Waals surface area contributed by atoms with Crippen LogP contribution in [0.4, 0.5) is 5.69 Å². The van der Waals surface area contributed by atoms with E-state index in [1.54, 1.807) is 7.11 Å². The third-order valence-corrected chi connectivity index (χ3v) is 4.41. The van der Waals surface area contributed by atoms with E-state index in [0.29, 0.717) is 18.1 Å². The van der Waals surface area contributed by atoms with Crippen molar-refractivity contribution in [3.63, 3.8) is 0 Å². The number of ether oxygens (including phenoxy) is 2. The number of hydrogen-bond acceptors (Lipinski definition) is 3. The fourth-order valence-electron chi connectivity index (χ4n) is 3.07. The molecule has 1 aliphatic carbocycles. The van der Waals surface area contributed by atoms with Crippen molar-refractivity contribution in [3.8, 4) is 11.5 Å². The minimum absolute atomic E-state index is 0.493. The summed E-state index contributed by atoms with van der Waals surface area (Å²) in [6, 6.07) is 6.69. The number of hydrogen-bond donors (Lipinski definition) is 1. The molecule has 21 heavy (non-hydrogen) atoms. The van der Waals surface area contributed by atoms with E-state index < -0.39 is 0 Å². The number of anilines is 1. The molecular formula is C18H29NO2. The number of benzene rings is 1. The Morgan fingerprint density at radius 2 is 2.00 bits per heavy atom. The van der Waals surface area contributed by atoms with Crippen LogP contribution in [0.5, 0.6) is 11.5 Å². The molecule has 1 atom stereocenters. The SMILES string of the molecule is CCOc1ccc(NC2CCCC(C)(C)CC2)cc1OC. The first-order valence-corrected chi connectivity index (χ1v) is 8.11. The highest BCUT2D eigenvalue weighted by Crippen LogP contribution is 2.36. The molecule has 1 aliphatic rings. The van der Waals surface area contributed by atoms with Gasteiger partial charge >= 0.3 is 0 Å². The van der Waals surface area contributed by atoms with Crippen LogP contribution in [0.2, 0.25) is 0 Å². The molecule has 0 radical (unpaired) electrons. The van der Waals surface area contributed by atoms with E-state index in [1.807, 2.05) is 19.1 Å². The third kappa shape index (κ3) is 4.55. The number of nitrogens with one attached hydrogen (secondary N) is 1. The summed E-state index contributed by atoms with van der Waals surface area (Å²) in [6.45, 7) is 7.41. The molecule has 2 rings (SSSR count). The van der Waals surface area contributed by atoms with Crippen LogP contribution in [0.3, 0.4) is 0 Å². The molecule has 0 aliphatic heterocycles. The molecule has 0 saturated heterocycles. The molecule has 0 spiro atoms. The van der Waals surface area contributed by atoms with E-state index in [0.717, 1.165) is 17.2 Å². The first-order valence-electron chi connectivity index (χ1n) is 8.11. The van der Waals surface area contributed by atoms with Gasteiger partial charge in [0.1, 0.15) is 0 Å². The van der Waals surface area contributed by atoms with Gasteiger partial charge in [0.2, 0.25) is 0 Å². The van der Waals surface area contributed by atoms with Crippen molar-refractivity contribution in [1.82, 2.24) is 0 Å². The van der Waals surface area contributed by atoms with Crippen LogP contribution in [0.25, 0.3) is 0 Å². The largest absolute Gasteiger partial charge is 0.493 e. The Labute approximate surface area is 129 Å². The van der Waals surface area contributed by atoms with Gasteiger partial charge in [0, 0.05) is 17.8 Å². The van der Waals surface area contributed by atoms with Crippen molar-refractivity contribution in [2.24, 2.45) is 5.41 Å². The van der Waals surface area contributed by atoms with Crippen LogP contribution in [-0.2, 0) is 0 Å². The Kier molecular flexibility index (Phi) is 5.38. The lowest BCUT2D eigenvalue weighted by Gasteiger charge is -2.22. The first kappa shape index (κ1) is 16.0. The normalized spacial score (nSPS) is 21.4. The van der Waals surface area contributed by atoms with Crippen LogP contribution in [0.1, 0.15) is 52.9 Å². The van der Waals surface area contributed by atoms with Crippen molar-refractivity contribution >= 4 is 5.69 Å². The monoisotopic (exact) mass is 291 g/mol. The fourth-order valence-corrected chi connectivity index (χ4v) is 3.07. The van der Waals surface area contributed by atoms with Crippen LogP contribution in [-0.4, -0.2) is 19.8 Å². The van der Waals surface area contributed by atoms with Gasteiger partial charge in [-0.05, 0) is 50.2 Å². The zero-order chi connectivity index (χ0) is 15.3. The Bertz CT molecular complexity index is 457. The molecule has 0 aromatic heterocycles. The minimum atomic E-state index is 0.493. The zero-order valence-electron chi connectivity index (χ0n) is 13.9. The predicted octanol–water partition coefficient (Wildman–Crippen LogP) is 4.86. The van der Waals surface area contributed by atoms with Crippen LogP contribution >= 0.6 is 0 Å². The van der Waals surface area contributed by atoms with Crippen LogP contribution in [0.15, 0.2) is 18.2 Å². The summed E-state index contributed by atoms with van der Waals surface area (Å²) < 4.78 is 11.0. The van der Waals surface area contributed by atoms with Crippen LogP contribution in [0, 0.1) is 5.41 Å². The molecule has 1 N–H and O–H groups in total. The second-order valence-electron chi connectivity index (χ2n) is 6.74. The van der Waals surface area contributed by atoms with Gasteiger partial charge in [0.05, 0.1) is 13.7 Å². The Morgan fingerprint density at radius 3 is 2.71 bits per heavy atom. The van der Waals surface area contributed by atoms with Gasteiger partial charge in [-0.1, -0.05) is 20.3 Å². The summed E-state index contributed by atoms with van der Waals surface area (Å²) >= 11 is 0. The highest BCUT2D eigenvalue weighted by molar-refractivity contribution is 5.55. The lowest BCUT2D eigenvalue weighted by atomic mass is 9.85. The van der Waals surface area contributed by atoms with Crippen molar-refractivity contribution in [3.05, 3.63) is 18.2 Å². The molecule has 3 nitrogen and oxygen atoms in total. The molecule has 3 heteroatoms. The van der Waals surface area contributed by atoms with Gasteiger partial charge < -0.3 is 14.8 Å². The quantitative estimate of drug-likeness (QED) is 0.785. The smallest absolute Gasteiger partial charge is 0.162 e. The minimum Gasteiger partial charge on any atom is -0.493 e. The maximum absolute atomic E-state index is 5.57. The van der Waals surface area contributed by atoms with Gasteiger partial charge in [-0.3, -0.25) is 0 Å². The highest BCUT2D eigenvalue weighted by atomic mass is 16.5. The Balaban J connectivity index is 2.02. The molecule has 118 valence electrons. The molecule has 1 aromatic carbocycles. The molecule has 0 amide bonds. The van der Waals surface area contributed by atoms with Gasteiger partial charge in [-0.25, -0.2) is 0 Å². The van der Waals surface area contributed by atoms with E-state index in [4.69, 9.17) is 9.47 Å². The zero-order valence-corrected chi connectivity index (χ0v) is 13.9. The average molecular weight is 291 g/mol. The van der Waals surface area contributed by atoms with Crippen molar-refractivity contribution < 1.29 is 9.47 Å². The summed E-state index contributed by atoms with van der Waals surface area (Å²) in [5.74, 6) is 1.61. The molecule has 0 bridgehead atoms. The van der Waals surface area contributed by atoms with E-state index >= 15 is 0 Å². The maximum atomic E-state index is 5.57. The second-order valence-corrected chi connectivity index (χ2v) is 6.74. The summed E-state index contributed by atoms with van der Waals surface area (Å²) in [6.07, 6.45) is 6.41. The van der Waals surface area contributed by atoms with E-state index in [9.17, 15) is 0 Å². The predicted molar refractivity (Wildman–Crippen MR) is 88.4 cm³/mol. The van der Waals surface area contributed by atoms with Crippen molar-refractivity contribution in [2.45, 2.75) is 58.9 Å². The van der Waals surface area contributed by atoms with Crippen LogP contribution < -0.4 is 14.8 Å².